The zero-order valence-corrected chi connectivity index (χ0v) is 9.55. The second-order valence-electron chi connectivity index (χ2n) is 2.38. The van der Waals surface area contributed by atoms with Crippen LogP contribution in [-0.2, 0) is 9.84 Å². The summed E-state index contributed by atoms with van der Waals surface area (Å²) in [5.74, 6) is -0.00296. The van der Waals surface area contributed by atoms with Crippen molar-refractivity contribution in [3.63, 3.8) is 0 Å². The van der Waals surface area contributed by atoms with E-state index in [2.05, 4.69) is 18.2 Å². The van der Waals surface area contributed by atoms with Gasteiger partial charge in [0.05, 0.1) is 10.6 Å². The van der Waals surface area contributed by atoms with Gasteiger partial charge >= 0.3 is 0 Å². The molecule has 0 amide bonds. The Morgan fingerprint density at radius 1 is 1.29 bits per heavy atom. The summed E-state index contributed by atoms with van der Waals surface area (Å²) in [5.41, 5.74) is 0. The van der Waals surface area contributed by atoms with Crippen molar-refractivity contribution < 1.29 is 8.42 Å². The Kier molecular flexibility index (Phi) is 6.25. The van der Waals surface area contributed by atoms with Crippen LogP contribution in [0.4, 0.5) is 0 Å². The van der Waals surface area contributed by atoms with E-state index < -0.39 is 9.84 Å². The molecule has 0 fully saturated rings. The van der Waals surface area contributed by atoms with E-state index in [4.69, 9.17) is 0 Å². The summed E-state index contributed by atoms with van der Waals surface area (Å²) in [4.78, 5) is 0.352. The lowest BCUT2D eigenvalue weighted by Gasteiger charge is -1.98. The lowest BCUT2D eigenvalue weighted by molar-refractivity contribution is 0.599. The van der Waals surface area contributed by atoms with Crippen LogP contribution in [0.25, 0.3) is 0 Å². The predicted octanol–water partition coefficient (Wildman–Crippen LogP) is 2.50. The normalized spacial score (nSPS) is 9.86. The van der Waals surface area contributed by atoms with Crippen molar-refractivity contribution in [2.75, 3.05) is 12.1 Å². The molecule has 0 radical (unpaired) electrons. The number of halogens is 1. The number of alkyl halides is 1. The molecule has 1 aromatic rings. The second-order valence-corrected chi connectivity index (χ2v) is 4.42. The summed E-state index contributed by atoms with van der Waals surface area (Å²) >= 11 is 4.64. The zero-order chi connectivity index (χ0) is 11.0. The first-order valence-corrected chi connectivity index (χ1v) is 6.34. The maximum atomic E-state index is 11.4. The van der Waals surface area contributed by atoms with Crippen molar-refractivity contribution in [2.45, 2.75) is 4.90 Å². The number of sulfone groups is 1. The van der Waals surface area contributed by atoms with Gasteiger partial charge in [-0.05, 0) is 12.1 Å². The molecule has 0 aromatic heterocycles. The fourth-order valence-corrected chi connectivity index (χ4v) is 1.95. The molecule has 0 saturated heterocycles. The number of hydrogen-bond acceptors (Lipinski definition) is 2. The van der Waals surface area contributed by atoms with Gasteiger partial charge in [-0.3, -0.25) is 0 Å². The molecule has 0 aliphatic heterocycles. The summed E-state index contributed by atoms with van der Waals surface area (Å²) in [6.07, 6.45) is 2.86. The highest BCUT2D eigenvalue weighted by atomic mass is 35.5. The average molecular weight is 233 g/mol. The monoisotopic (exact) mass is 232 g/mol. The highest BCUT2D eigenvalue weighted by Gasteiger charge is 2.09. The molecular formula is C10H13ClO2S. The van der Waals surface area contributed by atoms with Crippen LogP contribution in [0.5, 0.6) is 0 Å². The molecule has 4 heteroatoms. The van der Waals surface area contributed by atoms with Crippen LogP contribution in [0.15, 0.2) is 47.9 Å². The van der Waals surface area contributed by atoms with Gasteiger partial charge in [-0.2, -0.15) is 0 Å². The largest absolute Gasteiger partial charge is 0.223 e. The van der Waals surface area contributed by atoms with Gasteiger partial charge < -0.3 is 0 Å². The molecule has 0 atom stereocenters. The fourth-order valence-electron chi connectivity index (χ4n) is 0.879. The Bertz CT molecular complexity index is 357. The van der Waals surface area contributed by atoms with E-state index in [9.17, 15) is 8.42 Å². The van der Waals surface area contributed by atoms with Gasteiger partial charge in [0.1, 0.15) is 0 Å². The van der Waals surface area contributed by atoms with Crippen LogP contribution in [0.1, 0.15) is 0 Å². The highest BCUT2D eigenvalue weighted by molar-refractivity contribution is 7.91. The number of rotatable bonds is 3. The van der Waals surface area contributed by atoms with Crippen LogP contribution in [-0.4, -0.2) is 20.6 Å². The third-order valence-electron chi connectivity index (χ3n) is 1.44. The van der Waals surface area contributed by atoms with E-state index in [0.29, 0.717) is 4.90 Å². The van der Waals surface area contributed by atoms with Gasteiger partial charge in [0.15, 0.2) is 9.84 Å². The van der Waals surface area contributed by atoms with Crippen LogP contribution in [0, 0.1) is 0 Å². The first kappa shape index (κ1) is 13.2. The van der Waals surface area contributed by atoms with E-state index in [1.54, 1.807) is 30.3 Å². The first-order valence-electron chi connectivity index (χ1n) is 3.93. The van der Waals surface area contributed by atoms with E-state index in [0.717, 1.165) is 0 Å². The minimum absolute atomic E-state index is 0.00296. The second kappa shape index (κ2) is 6.62. The molecule has 0 saturated carbocycles. The Morgan fingerprint density at radius 3 is 2.21 bits per heavy atom. The summed E-state index contributed by atoms with van der Waals surface area (Å²) in [6.45, 7) is 3.39. The third-order valence-corrected chi connectivity index (χ3v) is 3.10. The molecule has 78 valence electrons. The molecule has 0 N–H and O–H groups in total. The molecule has 1 aromatic carbocycles. The minimum Gasteiger partial charge on any atom is -0.223 e. The molecule has 0 aliphatic rings. The van der Waals surface area contributed by atoms with Gasteiger partial charge in [-0.25, -0.2) is 8.42 Å². The Labute approximate surface area is 90.1 Å². The van der Waals surface area contributed by atoms with Crippen molar-refractivity contribution in [3.8, 4) is 0 Å². The molecule has 0 aliphatic carbocycles. The van der Waals surface area contributed by atoms with Crippen LogP contribution in [0.3, 0.4) is 0 Å². The van der Waals surface area contributed by atoms with Crippen molar-refractivity contribution in [3.05, 3.63) is 43.0 Å². The predicted molar refractivity (Wildman–Crippen MR) is 60.5 cm³/mol. The quantitative estimate of drug-likeness (QED) is 0.593. The molecule has 14 heavy (non-hydrogen) atoms. The van der Waals surface area contributed by atoms with E-state index in [-0.39, 0.29) is 5.75 Å². The molecule has 0 heterocycles. The van der Waals surface area contributed by atoms with Crippen LogP contribution >= 0.6 is 11.6 Å². The standard InChI is InChI=1S/C9H10O2S.CH3Cl/c1-2-8-12(10,11)9-6-4-3-5-7-9;1-2/h2-7H,1,8H2;1H3. The van der Waals surface area contributed by atoms with E-state index >= 15 is 0 Å². The Balaban J connectivity index is 0.000000791. The lowest BCUT2D eigenvalue weighted by Crippen LogP contribution is -2.03. The van der Waals surface area contributed by atoms with Crippen molar-refractivity contribution in [1.29, 1.82) is 0 Å². The Morgan fingerprint density at radius 2 is 1.79 bits per heavy atom. The molecule has 2 nitrogen and oxygen atoms in total. The molecule has 0 unspecified atom stereocenters. The number of hydrogen-bond donors (Lipinski definition) is 0. The summed E-state index contributed by atoms with van der Waals surface area (Å²) in [6, 6.07) is 8.36. The summed E-state index contributed by atoms with van der Waals surface area (Å²) in [7, 11) is -3.13. The minimum atomic E-state index is -3.13. The fraction of sp³-hybridized carbons (Fsp3) is 0.200. The van der Waals surface area contributed by atoms with Gasteiger partial charge in [0.2, 0.25) is 0 Å². The van der Waals surface area contributed by atoms with Crippen molar-refractivity contribution in [2.24, 2.45) is 0 Å². The van der Waals surface area contributed by atoms with Crippen LogP contribution < -0.4 is 0 Å². The SMILES string of the molecule is C=CCS(=O)(=O)c1ccccc1.CCl. The maximum absolute atomic E-state index is 11.4. The average Bonchev–Trinajstić information content (AvgIpc) is 2.22. The lowest BCUT2D eigenvalue weighted by atomic mass is 10.4. The van der Waals surface area contributed by atoms with Crippen molar-refractivity contribution in [1.82, 2.24) is 0 Å². The smallest absolute Gasteiger partial charge is 0.181 e. The molecule has 1 rings (SSSR count). The molecule has 0 bridgehead atoms. The topological polar surface area (TPSA) is 34.1 Å². The molecular weight excluding hydrogens is 220 g/mol. The highest BCUT2D eigenvalue weighted by Crippen LogP contribution is 2.09. The van der Waals surface area contributed by atoms with Gasteiger partial charge in [0, 0.05) is 6.38 Å². The van der Waals surface area contributed by atoms with Gasteiger partial charge in [0.25, 0.3) is 0 Å². The Hall–Kier alpha value is -0.800. The first-order chi connectivity index (χ1) is 6.67. The van der Waals surface area contributed by atoms with Crippen molar-refractivity contribution >= 4 is 21.4 Å². The van der Waals surface area contributed by atoms with E-state index in [1.807, 2.05) is 0 Å². The number of benzene rings is 1. The van der Waals surface area contributed by atoms with E-state index in [1.165, 1.54) is 12.5 Å². The van der Waals surface area contributed by atoms with Gasteiger partial charge in [-0.15, -0.1) is 18.2 Å². The van der Waals surface area contributed by atoms with Crippen LogP contribution in [0.2, 0.25) is 0 Å². The third kappa shape index (κ3) is 3.94. The molecule has 0 spiro atoms. The zero-order valence-electron chi connectivity index (χ0n) is 7.98. The maximum Gasteiger partial charge on any atom is 0.181 e. The summed E-state index contributed by atoms with van der Waals surface area (Å²) in [5, 5.41) is 0. The summed E-state index contributed by atoms with van der Waals surface area (Å²) < 4.78 is 22.7. The van der Waals surface area contributed by atoms with Gasteiger partial charge in [-0.1, -0.05) is 24.3 Å².